The quantitative estimate of drug-likeness (QED) is 0.534. The van der Waals surface area contributed by atoms with E-state index in [2.05, 4.69) is 68.0 Å². The number of hydrogen-bond donors (Lipinski definition) is 1. The van der Waals surface area contributed by atoms with Crippen LogP contribution in [0.2, 0.25) is 0 Å². The lowest BCUT2D eigenvalue weighted by Gasteiger charge is -2.46. The van der Waals surface area contributed by atoms with Gasteiger partial charge in [-0.3, -0.25) is 4.90 Å². The molecule has 2 fully saturated rings. The van der Waals surface area contributed by atoms with Crippen molar-refractivity contribution in [3.63, 3.8) is 0 Å². The lowest BCUT2D eigenvalue weighted by Crippen LogP contribution is -2.50. The fraction of sp³-hybridized carbons (Fsp3) is 0.464. The predicted molar refractivity (Wildman–Crippen MR) is 142 cm³/mol. The Balaban J connectivity index is 1.22. The highest BCUT2D eigenvalue weighted by molar-refractivity contribution is 7.89. The Hall–Kier alpha value is -2.68. The molecule has 3 heterocycles. The molecule has 8 heteroatoms. The van der Waals surface area contributed by atoms with Crippen LogP contribution >= 0.6 is 0 Å². The third-order valence-electron chi connectivity index (χ3n) is 8.19. The Bertz CT molecular complexity index is 1320. The molecule has 2 saturated heterocycles. The van der Waals surface area contributed by atoms with Gasteiger partial charge in [-0.05, 0) is 74.0 Å². The zero-order valence-corrected chi connectivity index (χ0v) is 21.7. The molecule has 1 aromatic heterocycles. The lowest BCUT2D eigenvalue weighted by atomic mass is 9.74. The maximum atomic E-state index is 12.8. The lowest BCUT2D eigenvalue weighted by molar-refractivity contribution is 0.0877. The molecule has 3 atom stereocenters. The average molecular weight is 506 g/mol. The van der Waals surface area contributed by atoms with Crippen molar-refractivity contribution in [2.45, 2.75) is 55.1 Å². The van der Waals surface area contributed by atoms with Crippen LogP contribution in [0.25, 0.3) is 0 Å². The average Bonchev–Trinajstić information content (AvgIpc) is 3.49. The van der Waals surface area contributed by atoms with Gasteiger partial charge in [0, 0.05) is 50.0 Å². The number of sulfonamides is 1. The first-order valence-electron chi connectivity index (χ1n) is 13.1. The third-order valence-corrected chi connectivity index (χ3v) is 9.60. The second kappa shape index (κ2) is 9.65. The van der Waals surface area contributed by atoms with Crippen molar-refractivity contribution in [3.8, 4) is 0 Å². The Labute approximate surface area is 214 Å². The van der Waals surface area contributed by atoms with Gasteiger partial charge in [0.2, 0.25) is 0 Å². The van der Waals surface area contributed by atoms with Crippen LogP contribution in [0.15, 0.2) is 66.1 Å². The van der Waals surface area contributed by atoms with Crippen molar-refractivity contribution in [3.05, 3.63) is 77.7 Å². The Morgan fingerprint density at radius 3 is 2.61 bits per heavy atom. The Kier molecular flexibility index (Phi) is 6.35. The number of likely N-dealkylation sites (tertiary alicyclic amines) is 1. The van der Waals surface area contributed by atoms with Gasteiger partial charge in [-0.2, -0.15) is 0 Å². The van der Waals surface area contributed by atoms with Crippen LogP contribution in [0.3, 0.4) is 0 Å². The molecule has 0 bridgehead atoms. The summed E-state index contributed by atoms with van der Waals surface area (Å²) in [5, 5.41) is 0.0815. The Morgan fingerprint density at radius 2 is 1.89 bits per heavy atom. The number of aromatic nitrogens is 2. The monoisotopic (exact) mass is 505 g/mol. The van der Waals surface area contributed by atoms with E-state index >= 15 is 0 Å². The second-order valence-corrected chi connectivity index (χ2v) is 12.3. The molecule has 1 aliphatic carbocycles. The molecule has 3 aliphatic rings. The van der Waals surface area contributed by atoms with Gasteiger partial charge < -0.3 is 9.47 Å². The molecule has 6 rings (SSSR count). The summed E-state index contributed by atoms with van der Waals surface area (Å²) in [6.45, 7) is 3.95. The largest absolute Gasteiger partial charge is 0.370 e. The highest BCUT2D eigenvalue weighted by Crippen LogP contribution is 2.40. The van der Waals surface area contributed by atoms with Gasteiger partial charge in [0.05, 0.1) is 6.33 Å². The van der Waals surface area contributed by atoms with E-state index in [1.54, 1.807) is 17.8 Å². The number of rotatable bonds is 7. The van der Waals surface area contributed by atoms with Crippen LogP contribution < -0.4 is 9.62 Å². The first kappa shape index (κ1) is 23.7. The smallest absolute Gasteiger partial charge is 0.259 e. The second-order valence-electron chi connectivity index (χ2n) is 10.6. The van der Waals surface area contributed by atoms with Gasteiger partial charge >= 0.3 is 0 Å². The fourth-order valence-corrected chi connectivity index (χ4v) is 7.43. The molecule has 36 heavy (non-hydrogen) atoms. The molecular formula is C28H35N5O2S. The number of nitrogens with zero attached hydrogens (tertiary/aromatic N) is 4. The third kappa shape index (κ3) is 4.69. The Morgan fingerprint density at radius 1 is 1.06 bits per heavy atom. The van der Waals surface area contributed by atoms with E-state index in [4.69, 9.17) is 0 Å². The number of benzene rings is 2. The molecule has 2 aromatic carbocycles. The summed E-state index contributed by atoms with van der Waals surface area (Å²) in [4.78, 5) is 9.04. The molecule has 0 unspecified atom stereocenters. The summed E-state index contributed by atoms with van der Waals surface area (Å²) in [5.74, 6) is 0.484. The molecule has 2 aliphatic heterocycles. The molecular weight excluding hydrogens is 470 g/mol. The summed E-state index contributed by atoms with van der Waals surface area (Å²) in [7, 11) is -1.84. The summed E-state index contributed by atoms with van der Waals surface area (Å²) in [6, 6.07) is 18.3. The minimum absolute atomic E-state index is 0.0815. The van der Waals surface area contributed by atoms with Gasteiger partial charge in [0.15, 0.2) is 5.03 Å². The SMILES string of the molecule is Cn1cnc(S(=O)(=O)N[C@H]2CCN(c3ccc4c(c3)[C@@H](Cc3ccccc3)[C@@H](N3CCC3)CC4)C2)c1. The molecule has 7 nitrogen and oxygen atoms in total. The highest BCUT2D eigenvalue weighted by atomic mass is 32.2. The van der Waals surface area contributed by atoms with Crippen LogP contribution in [-0.4, -0.2) is 61.1 Å². The van der Waals surface area contributed by atoms with Crippen molar-refractivity contribution in [1.29, 1.82) is 0 Å². The van der Waals surface area contributed by atoms with Gasteiger partial charge in [-0.1, -0.05) is 36.4 Å². The van der Waals surface area contributed by atoms with E-state index in [1.807, 2.05) is 0 Å². The first-order chi connectivity index (χ1) is 17.5. The van der Waals surface area contributed by atoms with E-state index in [-0.39, 0.29) is 11.1 Å². The number of nitrogens with one attached hydrogen (secondary N) is 1. The zero-order valence-electron chi connectivity index (χ0n) is 20.9. The van der Waals surface area contributed by atoms with Gasteiger partial charge in [-0.15, -0.1) is 0 Å². The molecule has 190 valence electrons. The van der Waals surface area contributed by atoms with Crippen LogP contribution in [-0.2, 0) is 29.9 Å². The summed E-state index contributed by atoms with van der Waals surface area (Å²) in [6.07, 6.45) is 8.57. The highest BCUT2D eigenvalue weighted by Gasteiger charge is 2.36. The number of fused-ring (bicyclic) bond motifs is 1. The molecule has 0 radical (unpaired) electrons. The molecule has 0 saturated carbocycles. The van der Waals surface area contributed by atoms with Crippen LogP contribution in [0.1, 0.15) is 41.9 Å². The van der Waals surface area contributed by atoms with Gasteiger partial charge in [0.1, 0.15) is 0 Å². The minimum atomic E-state index is -3.61. The van der Waals surface area contributed by atoms with Crippen molar-refractivity contribution in [1.82, 2.24) is 19.2 Å². The number of aryl methyl sites for hydroxylation is 2. The van der Waals surface area contributed by atoms with Crippen molar-refractivity contribution < 1.29 is 8.42 Å². The van der Waals surface area contributed by atoms with Crippen molar-refractivity contribution in [2.24, 2.45) is 7.05 Å². The molecule has 3 aromatic rings. The predicted octanol–water partition coefficient (Wildman–Crippen LogP) is 3.32. The van der Waals surface area contributed by atoms with E-state index in [1.165, 1.54) is 54.6 Å². The van der Waals surface area contributed by atoms with E-state index in [9.17, 15) is 8.42 Å². The van der Waals surface area contributed by atoms with Gasteiger partial charge in [0.25, 0.3) is 10.0 Å². The number of imidazole rings is 1. The molecule has 0 amide bonds. The number of hydrogen-bond acceptors (Lipinski definition) is 5. The van der Waals surface area contributed by atoms with Crippen LogP contribution in [0.4, 0.5) is 5.69 Å². The van der Waals surface area contributed by atoms with E-state index < -0.39 is 10.0 Å². The standard InChI is InChI=1S/C28H35N5O2S/c1-31-19-28(29-20-31)36(34,35)30-23-12-15-33(18-23)24-10-8-22-9-11-27(32-13-5-14-32)26(25(22)17-24)16-21-6-3-2-4-7-21/h2-4,6-8,10,17,19-20,23,26-27,30H,5,9,11-16,18H2,1H3/t23-,26+,27-/m0/s1. The summed E-state index contributed by atoms with van der Waals surface area (Å²) >= 11 is 0. The summed E-state index contributed by atoms with van der Waals surface area (Å²) in [5.41, 5.74) is 5.56. The van der Waals surface area contributed by atoms with Crippen molar-refractivity contribution >= 4 is 15.7 Å². The number of anilines is 1. The fourth-order valence-electron chi connectivity index (χ4n) is 6.19. The van der Waals surface area contributed by atoms with Crippen LogP contribution in [0, 0.1) is 0 Å². The van der Waals surface area contributed by atoms with Crippen LogP contribution in [0.5, 0.6) is 0 Å². The summed E-state index contributed by atoms with van der Waals surface area (Å²) < 4.78 is 30.1. The molecule has 0 spiro atoms. The molecule has 1 N–H and O–H groups in total. The maximum absolute atomic E-state index is 12.8. The van der Waals surface area contributed by atoms with E-state index in [0.29, 0.717) is 18.5 Å². The normalized spacial score (nSPS) is 24.5. The zero-order chi connectivity index (χ0) is 24.7. The maximum Gasteiger partial charge on any atom is 0.259 e. The topological polar surface area (TPSA) is 70.5 Å². The van der Waals surface area contributed by atoms with Crippen molar-refractivity contribution in [2.75, 3.05) is 31.1 Å². The minimum Gasteiger partial charge on any atom is -0.370 e. The van der Waals surface area contributed by atoms with Gasteiger partial charge in [-0.25, -0.2) is 18.1 Å². The first-order valence-corrected chi connectivity index (χ1v) is 14.6. The van der Waals surface area contributed by atoms with E-state index in [0.717, 1.165) is 25.8 Å².